The Morgan fingerprint density at radius 1 is 0.962 bits per heavy atom. The Morgan fingerprint density at radius 2 is 1.62 bits per heavy atom. The molecule has 140 valence electrons. The van der Waals surface area contributed by atoms with Crippen molar-refractivity contribution in [2.45, 2.75) is 38.3 Å². The first-order valence-electron chi connectivity index (χ1n) is 9.14. The summed E-state index contributed by atoms with van der Waals surface area (Å²) in [5.74, 6) is 0. The Balaban J connectivity index is 2.14. The molecule has 0 saturated carbocycles. The van der Waals surface area contributed by atoms with Crippen LogP contribution in [0.3, 0.4) is 0 Å². The molecule has 0 bridgehead atoms. The molecule has 6 heteroatoms. The summed E-state index contributed by atoms with van der Waals surface area (Å²) < 4.78 is 0. The lowest BCUT2D eigenvalue weighted by atomic mass is 9.71. The molecule has 1 aliphatic carbocycles. The maximum Gasteiger partial charge on any atom is 0.179 e. The van der Waals surface area contributed by atoms with E-state index in [0.29, 0.717) is 26.1 Å². The summed E-state index contributed by atoms with van der Waals surface area (Å²) in [4.78, 5) is 10.7. The van der Waals surface area contributed by atoms with Crippen molar-refractivity contribution in [1.29, 1.82) is 0 Å². The zero-order valence-corrected chi connectivity index (χ0v) is 15.2. The maximum absolute atomic E-state index is 13.1. The van der Waals surface area contributed by atoms with Gasteiger partial charge in [0.2, 0.25) is 0 Å². The molecule has 2 aromatic rings. The number of quaternary nitrogens is 2. The van der Waals surface area contributed by atoms with Crippen molar-refractivity contribution in [2.24, 2.45) is 0 Å². The van der Waals surface area contributed by atoms with Crippen LogP contribution >= 0.6 is 0 Å². The van der Waals surface area contributed by atoms with Gasteiger partial charge in [0, 0.05) is 29.5 Å². The number of hydrogen-bond acceptors (Lipinski definition) is 4. The van der Waals surface area contributed by atoms with Crippen LogP contribution in [0.1, 0.15) is 49.4 Å². The highest BCUT2D eigenvalue weighted by molar-refractivity contribution is 5.43. The minimum Gasteiger partial charge on any atom is -0.599 e. The van der Waals surface area contributed by atoms with Crippen molar-refractivity contribution < 1.29 is 20.1 Å². The molecular weight excluding hydrogens is 332 g/mol. The molecule has 26 heavy (non-hydrogen) atoms. The van der Waals surface area contributed by atoms with Gasteiger partial charge in [-0.05, 0) is 13.8 Å². The van der Waals surface area contributed by atoms with E-state index in [0.717, 1.165) is 16.7 Å². The van der Waals surface area contributed by atoms with Crippen LogP contribution in [0.4, 0.5) is 0 Å². The van der Waals surface area contributed by atoms with E-state index in [2.05, 4.69) is 0 Å². The largest absolute Gasteiger partial charge is 0.599 e. The molecule has 0 amide bonds. The normalized spacial score (nSPS) is 24.7. The first-order chi connectivity index (χ1) is 12.6. The summed E-state index contributed by atoms with van der Waals surface area (Å²) >= 11 is 0. The number of rotatable bonds is 7. The molecule has 2 N–H and O–H groups in total. The molecule has 2 unspecified atom stereocenters. The number of hydroxylamine groups is 4. The highest BCUT2D eigenvalue weighted by Gasteiger charge is 2.49. The second-order valence-electron chi connectivity index (χ2n) is 6.42. The predicted molar refractivity (Wildman–Crippen MR) is 97.6 cm³/mol. The highest BCUT2D eigenvalue weighted by atomic mass is 16.9. The fourth-order valence-corrected chi connectivity index (χ4v) is 3.93. The molecule has 0 aliphatic heterocycles. The van der Waals surface area contributed by atoms with Gasteiger partial charge in [-0.1, -0.05) is 54.6 Å². The van der Waals surface area contributed by atoms with E-state index < -0.39 is 5.54 Å². The standard InChI is InChI=1S/C20H26N2O4/c1-3-25-21(23)19-14-15-20(22(24)26-4-2,16-10-6-5-7-11-16)18-13-9-8-12-17(18)19/h5-13,19,21-22H,3-4,14-15H2,1-2H3/t19-,20+/m0/s1. The summed E-state index contributed by atoms with van der Waals surface area (Å²) in [5, 5.41) is 25.1. The summed E-state index contributed by atoms with van der Waals surface area (Å²) in [6.45, 7) is 4.28. The molecule has 3 rings (SSSR count). The van der Waals surface area contributed by atoms with Crippen molar-refractivity contribution >= 4 is 0 Å². The Kier molecular flexibility index (Phi) is 6.03. The lowest BCUT2D eigenvalue weighted by Crippen LogP contribution is -3.15. The van der Waals surface area contributed by atoms with E-state index in [1.165, 1.54) is 0 Å². The fourth-order valence-electron chi connectivity index (χ4n) is 3.93. The van der Waals surface area contributed by atoms with E-state index in [9.17, 15) is 10.4 Å². The predicted octanol–water partition coefficient (Wildman–Crippen LogP) is 1.43. The number of hydrogen-bond donors (Lipinski definition) is 2. The minimum absolute atomic E-state index is 0.231. The topological polar surface area (TPSA) is 73.5 Å². The Bertz CT molecular complexity index is 712. The van der Waals surface area contributed by atoms with Crippen LogP contribution in [-0.4, -0.2) is 13.2 Å². The first kappa shape index (κ1) is 19.0. The summed E-state index contributed by atoms with van der Waals surface area (Å²) in [6, 6.07) is 17.0. The SMILES string of the molecule is CCO[NH+]([O-])[C@H]1CC[C@](c2ccccc2)([NH+]([O-])OCC)c2ccccc21. The van der Waals surface area contributed by atoms with E-state index >= 15 is 0 Å². The molecule has 6 nitrogen and oxygen atoms in total. The van der Waals surface area contributed by atoms with Crippen LogP contribution in [0.5, 0.6) is 0 Å². The summed E-state index contributed by atoms with van der Waals surface area (Å²) in [7, 11) is 0. The monoisotopic (exact) mass is 358 g/mol. The van der Waals surface area contributed by atoms with Crippen molar-refractivity contribution in [1.82, 2.24) is 0 Å². The van der Waals surface area contributed by atoms with E-state index in [1.807, 2.05) is 61.5 Å². The minimum atomic E-state index is -0.892. The zero-order chi connectivity index (χ0) is 18.6. The average molecular weight is 358 g/mol. The van der Waals surface area contributed by atoms with Gasteiger partial charge in [-0.3, -0.25) is 0 Å². The van der Waals surface area contributed by atoms with Crippen molar-refractivity contribution in [2.75, 3.05) is 13.2 Å². The molecule has 0 radical (unpaired) electrons. The Morgan fingerprint density at radius 3 is 2.31 bits per heavy atom. The molecule has 0 heterocycles. The van der Waals surface area contributed by atoms with Crippen LogP contribution in [0.15, 0.2) is 54.6 Å². The van der Waals surface area contributed by atoms with Gasteiger partial charge in [-0.25, -0.2) is 20.1 Å². The van der Waals surface area contributed by atoms with E-state index in [4.69, 9.17) is 9.68 Å². The first-order valence-corrected chi connectivity index (χ1v) is 9.14. The van der Waals surface area contributed by atoms with Gasteiger partial charge in [-0.15, -0.1) is 0 Å². The molecule has 2 aromatic carbocycles. The molecule has 1 aliphatic rings. The van der Waals surface area contributed by atoms with Crippen molar-refractivity contribution in [3.63, 3.8) is 0 Å². The lowest BCUT2D eigenvalue weighted by molar-refractivity contribution is -1.10. The third-order valence-corrected chi connectivity index (χ3v) is 5.07. The van der Waals surface area contributed by atoms with Crippen LogP contribution in [-0.2, 0) is 15.2 Å². The summed E-state index contributed by atoms with van der Waals surface area (Å²) in [6.07, 6.45) is 1.06. The molecule has 0 spiro atoms. The Labute approximate surface area is 154 Å². The second kappa shape index (κ2) is 8.26. The summed E-state index contributed by atoms with van der Waals surface area (Å²) in [5.41, 5.74) is 1.70. The van der Waals surface area contributed by atoms with E-state index in [1.54, 1.807) is 6.92 Å². The Hall–Kier alpha value is -1.80. The molecule has 0 fully saturated rings. The molecule has 0 aromatic heterocycles. The lowest BCUT2D eigenvalue weighted by Gasteiger charge is -2.46. The number of benzene rings is 2. The molecular formula is C20H26N2O4. The van der Waals surface area contributed by atoms with Gasteiger partial charge in [0.05, 0.1) is 0 Å². The van der Waals surface area contributed by atoms with Gasteiger partial charge >= 0.3 is 0 Å². The third-order valence-electron chi connectivity index (χ3n) is 5.07. The van der Waals surface area contributed by atoms with Gasteiger partial charge < -0.3 is 10.4 Å². The molecule has 4 atom stereocenters. The van der Waals surface area contributed by atoms with Crippen molar-refractivity contribution in [3.05, 3.63) is 81.7 Å². The van der Waals surface area contributed by atoms with Gasteiger partial charge in [-0.2, -0.15) is 0 Å². The smallest absolute Gasteiger partial charge is 0.179 e. The zero-order valence-electron chi connectivity index (χ0n) is 15.2. The quantitative estimate of drug-likeness (QED) is 0.735. The van der Waals surface area contributed by atoms with Gasteiger partial charge in [0.25, 0.3) is 0 Å². The maximum atomic E-state index is 13.1. The van der Waals surface area contributed by atoms with Crippen LogP contribution in [0.2, 0.25) is 0 Å². The van der Waals surface area contributed by atoms with Crippen LogP contribution < -0.4 is 10.5 Å². The van der Waals surface area contributed by atoms with Crippen LogP contribution in [0, 0.1) is 10.4 Å². The molecule has 0 saturated heterocycles. The van der Waals surface area contributed by atoms with E-state index in [-0.39, 0.29) is 16.5 Å². The third kappa shape index (κ3) is 3.27. The van der Waals surface area contributed by atoms with Gasteiger partial charge in [0.1, 0.15) is 19.3 Å². The average Bonchev–Trinajstić information content (AvgIpc) is 2.68. The second-order valence-corrected chi connectivity index (χ2v) is 6.42. The number of fused-ring (bicyclic) bond motifs is 1. The highest BCUT2D eigenvalue weighted by Crippen LogP contribution is 2.41. The van der Waals surface area contributed by atoms with Crippen LogP contribution in [0.25, 0.3) is 0 Å². The fraction of sp³-hybridized carbons (Fsp3) is 0.400. The van der Waals surface area contributed by atoms with Crippen molar-refractivity contribution in [3.8, 4) is 0 Å². The number of nitrogens with one attached hydrogen (secondary N) is 2. The van der Waals surface area contributed by atoms with Gasteiger partial charge in [0.15, 0.2) is 5.54 Å².